The number of amides is 1. The summed E-state index contributed by atoms with van der Waals surface area (Å²) >= 11 is 0. The Labute approximate surface area is 137 Å². The van der Waals surface area contributed by atoms with Crippen molar-refractivity contribution in [2.75, 3.05) is 6.61 Å². The molecule has 1 amide bonds. The van der Waals surface area contributed by atoms with E-state index in [1.807, 2.05) is 36.4 Å². The summed E-state index contributed by atoms with van der Waals surface area (Å²) in [6.07, 6.45) is 0. The van der Waals surface area contributed by atoms with Crippen molar-refractivity contribution in [2.45, 2.75) is 6.54 Å². The van der Waals surface area contributed by atoms with E-state index in [1.165, 1.54) is 0 Å². The summed E-state index contributed by atoms with van der Waals surface area (Å²) in [7, 11) is 0. The van der Waals surface area contributed by atoms with Crippen molar-refractivity contribution in [3.8, 4) is 5.75 Å². The number of carbonyl (C=O) groups is 1. The molecule has 3 rings (SSSR count). The summed E-state index contributed by atoms with van der Waals surface area (Å²) in [5.74, 6) is -0.951. The molecule has 24 heavy (non-hydrogen) atoms. The Morgan fingerprint density at radius 1 is 0.958 bits per heavy atom. The summed E-state index contributed by atoms with van der Waals surface area (Å²) in [5.41, 5.74) is 0.0917. The highest BCUT2D eigenvalue weighted by Crippen LogP contribution is 2.20. The zero-order chi connectivity index (χ0) is 16.9. The molecule has 0 aliphatic heterocycles. The lowest BCUT2D eigenvalue weighted by Gasteiger charge is -2.09. The molecule has 122 valence electrons. The molecule has 0 saturated heterocycles. The predicted molar refractivity (Wildman–Crippen MR) is 87.6 cm³/mol. The fourth-order valence-electron chi connectivity index (χ4n) is 2.33. The Balaban J connectivity index is 1.55. The highest BCUT2D eigenvalue weighted by Gasteiger charge is 2.07. The standard InChI is InChI=1S/C19H15F2NO2/c20-16-6-8-18(21)15(9-16)11-22-19(23)12-24-17-7-5-13-3-1-2-4-14(13)10-17/h1-10H,11-12H2,(H,22,23). The normalized spacial score (nSPS) is 10.6. The van der Waals surface area contributed by atoms with E-state index in [0.717, 1.165) is 29.0 Å². The zero-order valence-electron chi connectivity index (χ0n) is 12.8. The predicted octanol–water partition coefficient (Wildman–Crippen LogP) is 3.81. The van der Waals surface area contributed by atoms with Gasteiger partial charge in [0.05, 0.1) is 0 Å². The first kappa shape index (κ1) is 15.9. The van der Waals surface area contributed by atoms with Crippen LogP contribution < -0.4 is 10.1 Å². The van der Waals surface area contributed by atoms with E-state index in [4.69, 9.17) is 4.74 Å². The van der Waals surface area contributed by atoms with Crippen LogP contribution in [0, 0.1) is 11.6 Å². The van der Waals surface area contributed by atoms with Crippen molar-refractivity contribution in [1.82, 2.24) is 5.32 Å². The molecule has 0 bridgehead atoms. The van der Waals surface area contributed by atoms with E-state index in [1.54, 1.807) is 6.07 Å². The number of benzene rings is 3. The van der Waals surface area contributed by atoms with Crippen LogP contribution in [0.3, 0.4) is 0 Å². The molecule has 0 heterocycles. The van der Waals surface area contributed by atoms with Gasteiger partial charge in [0.2, 0.25) is 0 Å². The second-order valence-electron chi connectivity index (χ2n) is 5.31. The molecular formula is C19H15F2NO2. The van der Waals surface area contributed by atoms with Gasteiger partial charge in [-0.15, -0.1) is 0 Å². The SMILES string of the molecule is O=C(COc1ccc2ccccc2c1)NCc1cc(F)ccc1F. The lowest BCUT2D eigenvalue weighted by Crippen LogP contribution is -2.28. The van der Waals surface area contributed by atoms with E-state index in [-0.39, 0.29) is 18.7 Å². The third-order valence-electron chi connectivity index (χ3n) is 3.57. The molecule has 0 saturated carbocycles. The van der Waals surface area contributed by atoms with E-state index in [0.29, 0.717) is 5.75 Å². The maximum atomic E-state index is 13.5. The van der Waals surface area contributed by atoms with Crippen molar-refractivity contribution in [3.05, 3.63) is 77.9 Å². The Kier molecular flexibility index (Phi) is 4.70. The molecule has 0 radical (unpaired) electrons. The number of fused-ring (bicyclic) bond motifs is 1. The minimum absolute atomic E-state index is 0.0917. The van der Waals surface area contributed by atoms with Gasteiger partial charge >= 0.3 is 0 Å². The summed E-state index contributed by atoms with van der Waals surface area (Å²) in [5, 5.41) is 4.59. The van der Waals surface area contributed by atoms with Gasteiger partial charge in [-0.3, -0.25) is 4.79 Å². The van der Waals surface area contributed by atoms with Gasteiger partial charge in [-0.1, -0.05) is 30.3 Å². The number of halogens is 2. The number of hydrogen-bond donors (Lipinski definition) is 1. The van der Waals surface area contributed by atoms with Crippen LogP contribution in [0.4, 0.5) is 8.78 Å². The molecule has 0 unspecified atom stereocenters. The van der Waals surface area contributed by atoms with Crippen molar-refractivity contribution >= 4 is 16.7 Å². The van der Waals surface area contributed by atoms with E-state index in [2.05, 4.69) is 5.32 Å². The largest absolute Gasteiger partial charge is 0.484 e. The molecule has 0 aliphatic carbocycles. The average Bonchev–Trinajstić information content (AvgIpc) is 2.60. The van der Waals surface area contributed by atoms with E-state index >= 15 is 0 Å². The number of rotatable bonds is 5. The number of ether oxygens (including phenoxy) is 1. The first-order valence-electron chi connectivity index (χ1n) is 7.44. The number of carbonyl (C=O) groups excluding carboxylic acids is 1. The van der Waals surface area contributed by atoms with Crippen LogP contribution in [0.5, 0.6) is 5.75 Å². The van der Waals surface area contributed by atoms with Gasteiger partial charge in [-0.05, 0) is 41.1 Å². The van der Waals surface area contributed by atoms with Crippen molar-refractivity contribution < 1.29 is 18.3 Å². The van der Waals surface area contributed by atoms with Crippen LogP contribution in [0.1, 0.15) is 5.56 Å². The van der Waals surface area contributed by atoms with Gasteiger partial charge in [0.25, 0.3) is 5.91 Å². The molecular weight excluding hydrogens is 312 g/mol. The van der Waals surface area contributed by atoms with Crippen molar-refractivity contribution in [3.63, 3.8) is 0 Å². The monoisotopic (exact) mass is 327 g/mol. The zero-order valence-corrected chi connectivity index (χ0v) is 12.8. The highest BCUT2D eigenvalue weighted by atomic mass is 19.1. The smallest absolute Gasteiger partial charge is 0.258 e. The van der Waals surface area contributed by atoms with E-state index in [9.17, 15) is 13.6 Å². The molecule has 5 heteroatoms. The molecule has 3 aromatic carbocycles. The van der Waals surface area contributed by atoms with Crippen molar-refractivity contribution in [1.29, 1.82) is 0 Å². The lowest BCUT2D eigenvalue weighted by molar-refractivity contribution is -0.123. The van der Waals surface area contributed by atoms with Gasteiger partial charge in [0, 0.05) is 12.1 Å². The molecule has 0 fully saturated rings. The third kappa shape index (κ3) is 3.87. The fraction of sp³-hybridized carbons (Fsp3) is 0.105. The molecule has 0 aromatic heterocycles. The number of nitrogens with one attached hydrogen (secondary N) is 1. The van der Waals surface area contributed by atoms with Gasteiger partial charge in [0.15, 0.2) is 6.61 Å². The quantitative estimate of drug-likeness (QED) is 0.774. The minimum atomic E-state index is -0.563. The summed E-state index contributed by atoms with van der Waals surface area (Å²) < 4.78 is 32.0. The molecule has 0 atom stereocenters. The topological polar surface area (TPSA) is 38.3 Å². The second kappa shape index (κ2) is 7.08. The molecule has 1 N–H and O–H groups in total. The molecule has 3 nitrogen and oxygen atoms in total. The van der Waals surface area contributed by atoms with Gasteiger partial charge in [0.1, 0.15) is 17.4 Å². The molecule has 0 aliphatic rings. The minimum Gasteiger partial charge on any atom is -0.484 e. The Hall–Kier alpha value is -2.95. The summed E-state index contributed by atoms with van der Waals surface area (Å²) in [6.45, 7) is -0.293. The summed E-state index contributed by atoms with van der Waals surface area (Å²) in [4.78, 5) is 11.8. The first-order chi connectivity index (χ1) is 11.6. The number of hydrogen-bond acceptors (Lipinski definition) is 2. The van der Waals surface area contributed by atoms with Crippen LogP contribution in [0.25, 0.3) is 10.8 Å². The van der Waals surface area contributed by atoms with Gasteiger partial charge < -0.3 is 10.1 Å². The van der Waals surface area contributed by atoms with Gasteiger partial charge in [-0.2, -0.15) is 0 Å². The Morgan fingerprint density at radius 2 is 1.75 bits per heavy atom. The fourth-order valence-corrected chi connectivity index (χ4v) is 2.33. The van der Waals surface area contributed by atoms with Gasteiger partial charge in [-0.25, -0.2) is 8.78 Å². The Morgan fingerprint density at radius 3 is 2.58 bits per heavy atom. The molecule has 3 aromatic rings. The van der Waals surface area contributed by atoms with Crippen LogP contribution in [-0.4, -0.2) is 12.5 Å². The summed E-state index contributed by atoms with van der Waals surface area (Å²) in [6, 6.07) is 16.5. The second-order valence-corrected chi connectivity index (χ2v) is 5.31. The van der Waals surface area contributed by atoms with Crippen LogP contribution in [-0.2, 0) is 11.3 Å². The molecule has 0 spiro atoms. The lowest BCUT2D eigenvalue weighted by atomic mass is 10.1. The maximum Gasteiger partial charge on any atom is 0.258 e. The van der Waals surface area contributed by atoms with Crippen LogP contribution >= 0.6 is 0 Å². The van der Waals surface area contributed by atoms with Crippen LogP contribution in [0.15, 0.2) is 60.7 Å². The van der Waals surface area contributed by atoms with E-state index < -0.39 is 17.5 Å². The Bertz CT molecular complexity index is 880. The maximum absolute atomic E-state index is 13.5. The first-order valence-corrected chi connectivity index (χ1v) is 7.44. The third-order valence-corrected chi connectivity index (χ3v) is 3.57. The van der Waals surface area contributed by atoms with Crippen molar-refractivity contribution in [2.24, 2.45) is 0 Å². The van der Waals surface area contributed by atoms with Crippen LogP contribution in [0.2, 0.25) is 0 Å². The average molecular weight is 327 g/mol. The highest BCUT2D eigenvalue weighted by molar-refractivity contribution is 5.84.